The van der Waals surface area contributed by atoms with E-state index in [1.165, 1.54) is 10.8 Å². The molecule has 0 fully saturated rings. The number of para-hydroxylation sites is 2. The van der Waals surface area contributed by atoms with E-state index in [9.17, 15) is 4.79 Å². The van der Waals surface area contributed by atoms with Crippen molar-refractivity contribution < 1.29 is 0 Å². The smallest absolute Gasteiger partial charge is 0.287 e. The van der Waals surface area contributed by atoms with Crippen LogP contribution in [0.25, 0.3) is 27.5 Å². The van der Waals surface area contributed by atoms with Crippen molar-refractivity contribution >= 4 is 27.5 Å². The summed E-state index contributed by atoms with van der Waals surface area (Å²) in [6.45, 7) is 6.36. The number of imidazole rings is 1. The monoisotopic (exact) mass is 314 g/mol. The van der Waals surface area contributed by atoms with Crippen LogP contribution in [0.1, 0.15) is 12.5 Å². The van der Waals surface area contributed by atoms with Gasteiger partial charge in [0.2, 0.25) is 0 Å². The number of benzene rings is 3. The summed E-state index contributed by atoms with van der Waals surface area (Å²) in [5, 5.41) is 2.37. The molecular weight excluding hydrogens is 296 g/mol. The Labute approximate surface area is 140 Å². The van der Waals surface area contributed by atoms with Crippen LogP contribution in [0.5, 0.6) is 0 Å². The number of rotatable bonds is 3. The van der Waals surface area contributed by atoms with Crippen molar-refractivity contribution in [2.24, 2.45) is 0 Å². The zero-order valence-corrected chi connectivity index (χ0v) is 13.6. The Kier molecular flexibility index (Phi) is 3.35. The standard InChI is InChI=1S/C21H18N2O/c1-15(2)23-20-13-6-5-12-19(20)22(21(23)24)14-17-10-7-9-16-8-3-4-11-18(16)17/h3-13H,1,14H2,2H3. The SMILES string of the molecule is C=C(C)n1c(=O)n(Cc2cccc3ccccc23)c2ccccc21. The molecule has 1 aromatic heterocycles. The fourth-order valence-electron chi connectivity index (χ4n) is 3.33. The van der Waals surface area contributed by atoms with Crippen LogP contribution >= 0.6 is 0 Å². The van der Waals surface area contributed by atoms with Gasteiger partial charge in [-0.2, -0.15) is 0 Å². The second-order valence-electron chi connectivity index (χ2n) is 6.07. The lowest BCUT2D eigenvalue weighted by Crippen LogP contribution is -2.23. The number of allylic oxidation sites excluding steroid dienone is 1. The molecule has 118 valence electrons. The molecule has 0 aliphatic heterocycles. The Hall–Kier alpha value is -3.07. The highest BCUT2D eigenvalue weighted by atomic mass is 16.1. The number of fused-ring (bicyclic) bond motifs is 2. The molecule has 24 heavy (non-hydrogen) atoms. The molecule has 1 heterocycles. The molecule has 0 amide bonds. The van der Waals surface area contributed by atoms with Crippen molar-refractivity contribution in [1.82, 2.24) is 9.13 Å². The quantitative estimate of drug-likeness (QED) is 0.547. The van der Waals surface area contributed by atoms with Crippen LogP contribution in [-0.4, -0.2) is 9.13 Å². The first kappa shape index (κ1) is 14.5. The first-order valence-corrected chi connectivity index (χ1v) is 7.99. The molecule has 0 aliphatic rings. The number of hydrogen-bond donors (Lipinski definition) is 0. The average Bonchev–Trinajstić information content (AvgIpc) is 2.87. The van der Waals surface area contributed by atoms with Crippen LogP contribution in [-0.2, 0) is 6.54 Å². The zero-order valence-electron chi connectivity index (χ0n) is 13.6. The number of nitrogens with zero attached hydrogens (tertiary/aromatic N) is 2. The first-order valence-electron chi connectivity index (χ1n) is 7.99. The van der Waals surface area contributed by atoms with E-state index in [4.69, 9.17) is 0 Å². The van der Waals surface area contributed by atoms with Crippen molar-refractivity contribution in [1.29, 1.82) is 0 Å². The maximum atomic E-state index is 12.9. The van der Waals surface area contributed by atoms with Crippen molar-refractivity contribution in [3.8, 4) is 0 Å². The van der Waals surface area contributed by atoms with Gasteiger partial charge in [0.15, 0.2) is 0 Å². The topological polar surface area (TPSA) is 26.9 Å². The summed E-state index contributed by atoms with van der Waals surface area (Å²) in [5.74, 6) is 0. The van der Waals surface area contributed by atoms with E-state index in [0.717, 1.165) is 22.3 Å². The molecule has 3 heteroatoms. The van der Waals surface area contributed by atoms with Crippen LogP contribution in [0, 0.1) is 0 Å². The summed E-state index contributed by atoms with van der Waals surface area (Å²) < 4.78 is 3.51. The molecule has 0 radical (unpaired) electrons. The molecule has 4 aromatic rings. The van der Waals surface area contributed by atoms with E-state index in [2.05, 4.69) is 30.8 Å². The van der Waals surface area contributed by atoms with E-state index in [1.54, 1.807) is 4.57 Å². The van der Waals surface area contributed by atoms with Crippen molar-refractivity contribution in [2.45, 2.75) is 13.5 Å². The summed E-state index contributed by atoms with van der Waals surface area (Å²) in [5.41, 5.74) is 3.65. The van der Waals surface area contributed by atoms with Gasteiger partial charge < -0.3 is 0 Å². The van der Waals surface area contributed by atoms with Gasteiger partial charge >= 0.3 is 5.69 Å². The summed E-state index contributed by atoms with van der Waals surface area (Å²) in [4.78, 5) is 12.9. The Morgan fingerprint density at radius 2 is 1.58 bits per heavy atom. The first-order chi connectivity index (χ1) is 11.7. The second kappa shape index (κ2) is 5.53. The van der Waals surface area contributed by atoms with Crippen molar-refractivity contribution in [3.63, 3.8) is 0 Å². The number of hydrogen-bond acceptors (Lipinski definition) is 1. The highest BCUT2D eigenvalue weighted by Gasteiger charge is 2.14. The Bertz CT molecular complexity index is 1130. The molecule has 4 rings (SSSR count). The van der Waals surface area contributed by atoms with E-state index in [1.807, 2.05) is 54.0 Å². The van der Waals surface area contributed by atoms with Gasteiger partial charge in [-0.05, 0) is 35.4 Å². The molecular formula is C21H18N2O. The van der Waals surface area contributed by atoms with Crippen LogP contribution in [0.2, 0.25) is 0 Å². The van der Waals surface area contributed by atoms with Crippen LogP contribution < -0.4 is 5.69 Å². The molecule has 0 unspecified atom stereocenters. The number of aromatic nitrogens is 2. The van der Waals surface area contributed by atoms with Gasteiger partial charge in [0.25, 0.3) is 0 Å². The minimum Gasteiger partial charge on any atom is -0.287 e. The highest BCUT2D eigenvalue weighted by molar-refractivity contribution is 5.86. The van der Waals surface area contributed by atoms with Gasteiger partial charge in [0.1, 0.15) is 0 Å². The van der Waals surface area contributed by atoms with E-state index < -0.39 is 0 Å². The summed E-state index contributed by atoms with van der Waals surface area (Å²) in [6.07, 6.45) is 0. The second-order valence-corrected chi connectivity index (χ2v) is 6.07. The fraction of sp³-hybridized carbons (Fsp3) is 0.0952. The molecule has 0 bridgehead atoms. The maximum absolute atomic E-state index is 12.9. The van der Waals surface area contributed by atoms with Crippen LogP contribution in [0.4, 0.5) is 0 Å². The molecule has 0 atom stereocenters. The van der Waals surface area contributed by atoms with E-state index >= 15 is 0 Å². The molecule has 0 aliphatic carbocycles. The molecule has 3 aromatic carbocycles. The van der Waals surface area contributed by atoms with Crippen molar-refractivity contribution in [3.05, 3.63) is 89.4 Å². The van der Waals surface area contributed by atoms with E-state index in [-0.39, 0.29) is 5.69 Å². The highest BCUT2D eigenvalue weighted by Crippen LogP contribution is 2.22. The van der Waals surface area contributed by atoms with Gasteiger partial charge in [-0.25, -0.2) is 4.79 Å². The predicted molar refractivity (Wildman–Crippen MR) is 100 cm³/mol. The third kappa shape index (κ3) is 2.17. The predicted octanol–water partition coefficient (Wildman–Crippen LogP) is 4.50. The third-order valence-corrected chi connectivity index (χ3v) is 4.43. The van der Waals surface area contributed by atoms with Gasteiger partial charge in [0.05, 0.1) is 17.6 Å². The largest absolute Gasteiger partial charge is 0.333 e. The minimum absolute atomic E-state index is 0.0448. The lowest BCUT2D eigenvalue weighted by molar-refractivity contribution is 0.770. The lowest BCUT2D eigenvalue weighted by Gasteiger charge is -2.08. The van der Waals surface area contributed by atoms with Gasteiger partial charge in [0, 0.05) is 5.70 Å². The molecule has 0 saturated heterocycles. The molecule has 3 nitrogen and oxygen atoms in total. The Morgan fingerprint density at radius 3 is 2.38 bits per heavy atom. The molecule has 0 spiro atoms. The lowest BCUT2D eigenvalue weighted by atomic mass is 10.0. The van der Waals surface area contributed by atoms with Gasteiger partial charge in [-0.15, -0.1) is 0 Å². The molecule has 0 saturated carbocycles. The van der Waals surface area contributed by atoms with Gasteiger partial charge in [-0.1, -0.05) is 61.2 Å². The summed E-state index contributed by atoms with van der Waals surface area (Å²) >= 11 is 0. The van der Waals surface area contributed by atoms with E-state index in [0.29, 0.717) is 6.54 Å². The molecule has 0 N–H and O–H groups in total. The minimum atomic E-state index is -0.0448. The van der Waals surface area contributed by atoms with Crippen molar-refractivity contribution in [2.75, 3.05) is 0 Å². The summed E-state index contributed by atoms with van der Waals surface area (Å²) in [7, 11) is 0. The van der Waals surface area contributed by atoms with Crippen LogP contribution in [0.15, 0.2) is 78.1 Å². The maximum Gasteiger partial charge on any atom is 0.333 e. The Balaban J connectivity index is 1.96. The van der Waals surface area contributed by atoms with Gasteiger partial charge in [-0.3, -0.25) is 9.13 Å². The Morgan fingerprint density at radius 1 is 0.917 bits per heavy atom. The normalized spacial score (nSPS) is 11.2. The summed E-state index contributed by atoms with van der Waals surface area (Å²) in [6, 6.07) is 22.4. The third-order valence-electron chi connectivity index (χ3n) is 4.43. The van der Waals surface area contributed by atoms with Crippen LogP contribution in [0.3, 0.4) is 0 Å². The zero-order chi connectivity index (χ0) is 16.7. The average molecular weight is 314 g/mol. The fourth-order valence-corrected chi connectivity index (χ4v) is 3.33.